The van der Waals surface area contributed by atoms with Crippen LogP contribution in [-0.2, 0) is 6.54 Å². The van der Waals surface area contributed by atoms with E-state index in [0.717, 1.165) is 13.1 Å². The summed E-state index contributed by atoms with van der Waals surface area (Å²) >= 11 is 0. The Morgan fingerprint density at radius 3 is 2.94 bits per heavy atom. The minimum atomic E-state index is -0.145. The Hall–Kier alpha value is -1.16. The molecule has 94 valence electrons. The molecule has 1 aliphatic carbocycles. The van der Waals surface area contributed by atoms with Crippen molar-refractivity contribution in [2.75, 3.05) is 6.54 Å². The lowest BCUT2D eigenvalue weighted by Gasteiger charge is -2.24. The van der Waals surface area contributed by atoms with E-state index in [0.29, 0.717) is 12.0 Å². The van der Waals surface area contributed by atoms with E-state index < -0.39 is 0 Å². The van der Waals surface area contributed by atoms with Crippen molar-refractivity contribution in [2.45, 2.75) is 45.2 Å². The fourth-order valence-electron chi connectivity index (χ4n) is 2.74. The monoisotopic (exact) mass is 235 g/mol. The summed E-state index contributed by atoms with van der Waals surface area (Å²) in [6.07, 6.45) is 8.60. The van der Waals surface area contributed by atoms with Crippen LogP contribution in [0.25, 0.3) is 0 Å². The predicted octanol–water partition coefficient (Wildman–Crippen LogP) is 1.41. The van der Waals surface area contributed by atoms with Gasteiger partial charge in [0, 0.05) is 25.0 Å². The van der Waals surface area contributed by atoms with E-state index >= 15 is 0 Å². The summed E-state index contributed by atoms with van der Waals surface area (Å²) in [6.45, 7) is 3.81. The van der Waals surface area contributed by atoms with Crippen molar-refractivity contribution in [1.29, 1.82) is 0 Å². The Balaban J connectivity index is 2.06. The number of aromatic nitrogens is 2. The van der Waals surface area contributed by atoms with Crippen LogP contribution >= 0.6 is 0 Å². The molecule has 1 fully saturated rings. The zero-order chi connectivity index (χ0) is 12.1. The van der Waals surface area contributed by atoms with Gasteiger partial charge in [-0.2, -0.15) is 0 Å². The van der Waals surface area contributed by atoms with Gasteiger partial charge in [-0.25, -0.2) is 9.78 Å². The highest BCUT2D eigenvalue weighted by molar-refractivity contribution is 4.86. The molecule has 4 heteroatoms. The third kappa shape index (κ3) is 3.16. The smallest absolute Gasteiger partial charge is 0.312 e. The van der Waals surface area contributed by atoms with Crippen molar-refractivity contribution in [3.8, 4) is 0 Å². The second-order valence-corrected chi connectivity index (χ2v) is 4.76. The molecule has 1 aromatic rings. The summed E-state index contributed by atoms with van der Waals surface area (Å²) in [5.41, 5.74) is -0.145. The van der Waals surface area contributed by atoms with Crippen molar-refractivity contribution in [1.82, 2.24) is 14.9 Å². The fraction of sp³-hybridized carbons (Fsp3) is 0.692. The minimum absolute atomic E-state index is 0.145. The Labute approximate surface area is 102 Å². The van der Waals surface area contributed by atoms with Gasteiger partial charge in [-0.15, -0.1) is 0 Å². The first-order chi connectivity index (χ1) is 8.31. The maximum atomic E-state index is 11.6. The van der Waals surface area contributed by atoms with Gasteiger partial charge in [0.1, 0.15) is 0 Å². The summed E-state index contributed by atoms with van der Waals surface area (Å²) in [6, 6.07) is 2.23. The third-order valence-electron chi connectivity index (χ3n) is 3.61. The van der Waals surface area contributed by atoms with Crippen molar-refractivity contribution >= 4 is 0 Å². The predicted molar refractivity (Wildman–Crippen MR) is 67.9 cm³/mol. The summed E-state index contributed by atoms with van der Waals surface area (Å²) in [4.78, 5) is 15.4. The Kier molecular flexibility index (Phi) is 4.31. The van der Waals surface area contributed by atoms with Crippen LogP contribution in [0.5, 0.6) is 0 Å². The Morgan fingerprint density at radius 1 is 1.53 bits per heavy atom. The van der Waals surface area contributed by atoms with Crippen LogP contribution in [0.15, 0.2) is 23.3 Å². The van der Waals surface area contributed by atoms with Crippen LogP contribution < -0.4 is 11.0 Å². The van der Waals surface area contributed by atoms with Crippen molar-refractivity contribution in [2.24, 2.45) is 5.92 Å². The number of rotatable bonds is 5. The lowest BCUT2D eigenvalue weighted by Crippen LogP contribution is -2.41. The molecule has 0 aliphatic heterocycles. The van der Waals surface area contributed by atoms with Crippen LogP contribution in [0.3, 0.4) is 0 Å². The highest BCUT2D eigenvalue weighted by Crippen LogP contribution is 2.28. The summed E-state index contributed by atoms with van der Waals surface area (Å²) in [5, 5.41) is 3.51. The average Bonchev–Trinajstić information content (AvgIpc) is 2.85. The molecule has 1 heterocycles. The highest BCUT2D eigenvalue weighted by atomic mass is 16.1. The lowest BCUT2D eigenvalue weighted by atomic mass is 9.98. The largest absolute Gasteiger partial charge is 0.347 e. The van der Waals surface area contributed by atoms with E-state index in [9.17, 15) is 4.79 Å². The average molecular weight is 235 g/mol. The number of nitrogens with zero attached hydrogens (tertiary/aromatic N) is 2. The molecule has 0 aromatic carbocycles. The molecule has 4 nitrogen and oxygen atoms in total. The topological polar surface area (TPSA) is 46.9 Å². The zero-order valence-corrected chi connectivity index (χ0v) is 10.4. The second kappa shape index (κ2) is 5.96. The minimum Gasteiger partial charge on any atom is -0.312 e. The number of hydrogen-bond acceptors (Lipinski definition) is 3. The van der Waals surface area contributed by atoms with Gasteiger partial charge in [0.2, 0.25) is 0 Å². The van der Waals surface area contributed by atoms with Crippen LogP contribution in [0.4, 0.5) is 0 Å². The number of hydrogen-bond donors (Lipinski definition) is 1. The molecular formula is C13H21N3O. The molecule has 1 aliphatic rings. The van der Waals surface area contributed by atoms with Crippen LogP contribution in [-0.4, -0.2) is 22.1 Å². The van der Waals surface area contributed by atoms with Crippen molar-refractivity contribution in [3.05, 3.63) is 28.9 Å². The van der Waals surface area contributed by atoms with Gasteiger partial charge in [-0.1, -0.05) is 19.8 Å². The van der Waals surface area contributed by atoms with Gasteiger partial charge in [-0.3, -0.25) is 4.57 Å². The molecular weight excluding hydrogens is 214 g/mol. The quantitative estimate of drug-likeness (QED) is 0.839. The first-order valence-corrected chi connectivity index (χ1v) is 6.56. The lowest BCUT2D eigenvalue weighted by molar-refractivity contribution is 0.323. The molecule has 2 rings (SSSR count). The molecule has 17 heavy (non-hydrogen) atoms. The van der Waals surface area contributed by atoms with Gasteiger partial charge in [0.15, 0.2) is 0 Å². The molecule has 1 aromatic heterocycles. The van der Waals surface area contributed by atoms with Crippen LogP contribution in [0.1, 0.15) is 32.6 Å². The van der Waals surface area contributed by atoms with E-state index in [-0.39, 0.29) is 5.69 Å². The molecule has 1 saturated carbocycles. The summed E-state index contributed by atoms with van der Waals surface area (Å²) in [5.74, 6) is 0.710. The molecule has 0 radical (unpaired) electrons. The molecule has 0 saturated heterocycles. The van der Waals surface area contributed by atoms with Gasteiger partial charge in [0.05, 0.1) is 0 Å². The number of nitrogens with one attached hydrogen (secondary N) is 1. The SMILES string of the molecule is CCNC(Cn1cccnc1=O)C1CCCC1. The van der Waals surface area contributed by atoms with E-state index in [1.807, 2.05) is 12.3 Å². The van der Waals surface area contributed by atoms with Crippen LogP contribution in [0, 0.1) is 5.92 Å². The fourth-order valence-corrected chi connectivity index (χ4v) is 2.74. The first-order valence-electron chi connectivity index (χ1n) is 6.56. The van der Waals surface area contributed by atoms with Gasteiger partial charge >= 0.3 is 5.69 Å². The standard InChI is InChI=1S/C13H21N3O/c1-2-14-12(11-6-3-4-7-11)10-16-9-5-8-15-13(16)17/h5,8-9,11-12,14H,2-4,6-7,10H2,1H3. The van der Waals surface area contributed by atoms with Crippen molar-refractivity contribution in [3.63, 3.8) is 0 Å². The highest BCUT2D eigenvalue weighted by Gasteiger charge is 2.24. The second-order valence-electron chi connectivity index (χ2n) is 4.76. The van der Waals surface area contributed by atoms with E-state index in [1.54, 1.807) is 10.8 Å². The molecule has 0 spiro atoms. The van der Waals surface area contributed by atoms with Crippen LogP contribution in [0.2, 0.25) is 0 Å². The van der Waals surface area contributed by atoms with Crippen molar-refractivity contribution < 1.29 is 0 Å². The molecule has 1 atom stereocenters. The number of likely N-dealkylation sites (N-methyl/N-ethyl adjacent to an activating group) is 1. The Morgan fingerprint density at radius 2 is 2.29 bits per heavy atom. The molecule has 0 bridgehead atoms. The maximum absolute atomic E-state index is 11.6. The van der Waals surface area contributed by atoms with E-state index in [4.69, 9.17) is 0 Å². The van der Waals surface area contributed by atoms with E-state index in [1.165, 1.54) is 25.7 Å². The summed E-state index contributed by atoms with van der Waals surface area (Å²) < 4.78 is 1.71. The van der Waals surface area contributed by atoms with Gasteiger partial charge in [-0.05, 0) is 31.4 Å². The zero-order valence-electron chi connectivity index (χ0n) is 10.4. The maximum Gasteiger partial charge on any atom is 0.347 e. The molecule has 0 amide bonds. The van der Waals surface area contributed by atoms with Gasteiger partial charge < -0.3 is 5.32 Å². The Bertz CT molecular complexity index is 396. The third-order valence-corrected chi connectivity index (χ3v) is 3.61. The first kappa shape index (κ1) is 12.3. The summed E-state index contributed by atoms with van der Waals surface area (Å²) in [7, 11) is 0. The molecule has 1 unspecified atom stereocenters. The molecule has 1 N–H and O–H groups in total. The normalized spacial score (nSPS) is 18.4. The van der Waals surface area contributed by atoms with Gasteiger partial charge in [0.25, 0.3) is 0 Å². The van der Waals surface area contributed by atoms with E-state index in [2.05, 4.69) is 17.2 Å².